The molecule has 0 saturated heterocycles. The van der Waals surface area contributed by atoms with E-state index in [2.05, 4.69) is 13.8 Å². The second kappa shape index (κ2) is 5.65. The Labute approximate surface area is 117 Å². The van der Waals surface area contributed by atoms with Crippen LogP contribution in [0.15, 0.2) is 48.5 Å². The minimum Gasteiger partial charge on any atom is -0.289 e. The summed E-state index contributed by atoms with van der Waals surface area (Å²) in [7, 11) is 0. The number of non-ortho nitro benzene ring substituents is 1. The molecule has 0 saturated carbocycles. The van der Waals surface area contributed by atoms with Crippen LogP contribution in [-0.2, 0) is 0 Å². The first-order chi connectivity index (χ1) is 9.49. The lowest BCUT2D eigenvalue weighted by molar-refractivity contribution is -0.384. The zero-order valence-electron chi connectivity index (χ0n) is 11.4. The highest BCUT2D eigenvalue weighted by atomic mass is 16.6. The number of nitrogens with zero attached hydrogens (tertiary/aromatic N) is 1. The van der Waals surface area contributed by atoms with Gasteiger partial charge in [0.2, 0.25) is 0 Å². The molecular formula is C16H15NO3. The number of nitro benzene ring substituents is 1. The number of benzene rings is 2. The van der Waals surface area contributed by atoms with Crippen molar-refractivity contribution in [1.82, 2.24) is 0 Å². The normalized spacial score (nSPS) is 10.6. The topological polar surface area (TPSA) is 60.2 Å². The molecule has 0 aliphatic rings. The van der Waals surface area contributed by atoms with Gasteiger partial charge in [-0.2, -0.15) is 0 Å². The number of ketones is 1. The predicted molar refractivity (Wildman–Crippen MR) is 77.1 cm³/mol. The summed E-state index contributed by atoms with van der Waals surface area (Å²) in [5.41, 5.74) is 1.95. The van der Waals surface area contributed by atoms with Gasteiger partial charge in [0, 0.05) is 23.3 Å². The van der Waals surface area contributed by atoms with Gasteiger partial charge in [0.25, 0.3) is 5.69 Å². The Hall–Kier alpha value is -2.49. The largest absolute Gasteiger partial charge is 0.289 e. The zero-order valence-corrected chi connectivity index (χ0v) is 11.4. The molecule has 20 heavy (non-hydrogen) atoms. The minimum absolute atomic E-state index is 0.0744. The SMILES string of the molecule is CC(C)c1ccc(C(=O)c2cccc([N+](=O)[O-])c2)cc1. The molecule has 0 N–H and O–H groups in total. The van der Waals surface area contributed by atoms with E-state index < -0.39 is 4.92 Å². The summed E-state index contributed by atoms with van der Waals surface area (Å²) < 4.78 is 0. The molecule has 0 unspecified atom stereocenters. The van der Waals surface area contributed by atoms with E-state index in [0.29, 0.717) is 17.0 Å². The Kier molecular flexibility index (Phi) is 3.94. The number of carbonyl (C=O) groups is 1. The summed E-state index contributed by atoms with van der Waals surface area (Å²) in [6, 6.07) is 13.1. The molecule has 0 fully saturated rings. The molecule has 0 aliphatic carbocycles. The van der Waals surface area contributed by atoms with Crippen LogP contribution < -0.4 is 0 Å². The maximum absolute atomic E-state index is 12.3. The molecule has 0 amide bonds. The summed E-state index contributed by atoms with van der Waals surface area (Å²) in [5, 5.41) is 10.7. The fourth-order valence-corrected chi connectivity index (χ4v) is 1.95. The van der Waals surface area contributed by atoms with Crippen molar-refractivity contribution in [1.29, 1.82) is 0 Å². The fraction of sp³-hybridized carbons (Fsp3) is 0.188. The highest BCUT2D eigenvalue weighted by Gasteiger charge is 2.13. The number of hydrogen-bond donors (Lipinski definition) is 0. The lowest BCUT2D eigenvalue weighted by atomic mass is 9.98. The average molecular weight is 269 g/mol. The van der Waals surface area contributed by atoms with Crippen LogP contribution in [-0.4, -0.2) is 10.7 Å². The third kappa shape index (κ3) is 2.91. The molecule has 2 aromatic rings. The van der Waals surface area contributed by atoms with Crippen molar-refractivity contribution in [3.63, 3.8) is 0 Å². The molecule has 4 heteroatoms. The predicted octanol–water partition coefficient (Wildman–Crippen LogP) is 3.95. The van der Waals surface area contributed by atoms with E-state index in [-0.39, 0.29) is 11.5 Å². The maximum atomic E-state index is 12.3. The summed E-state index contributed by atoms with van der Waals surface area (Å²) >= 11 is 0. The first-order valence-electron chi connectivity index (χ1n) is 6.38. The summed E-state index contributed by atoms with van der Waals surface area (Å²) in [6.45, 7) is 4.16. The van der Waals surface area contributed by atoms with E-state index in [1.165, 1.54) is 18.2 Å². The van der Waals surface area contributed by atoms with Crippen LogP contribution in [0.3, 0.4) is 0 Å². The van der Waals surface area contributed by atoms with Crippen LogP contribution in [0.2, 0.25) is 0 Å². The summed E-state index contributed by atoms with van der Waals surface area (Å²) in [5.74, 6) is 0.195. The van der Waals surface area contributed by atoms with Crippen molar-refractivity contribution >= 4 is 11.5 Å². The van der Waals surface area contributed by atoms with Gasteiger partial charge in [-0.15, -0.1) is 0 Å². The van der Waals surface area contributed by atoms with Crippen molar-refractivity contribution in [2.75, 3.05) is 0 Å². The first-order valence-corrected chi connectivity index (χ1v) is 6.38. The highest BCUT2D eigenvalue weighted by molar-refractivity contribution is 6.09. The monoisotopic (exact) mass is 269 g/mol. The van der Waals surface area contributed by atoms with E-state index in [0.717, 1.165) is 5.56 Å². The van der Waals surface area contributed by atoms with Crippen LogP contribution in [0.4, 0.5) is 5.69 Å². The van der Waals surface area contributed by atoms with Crippen LogP contribution in [0.25, 0.3) is 0 Å². The van der Waals surface area contributed by atoms with E-state index >= 15 is 0 Å². The zero-order chi connectivity index (χ0) is 14.7. The van der Waals surface area contributed by atoms with Gasteiger partial charge in [-0.05, 0) is 11.5 Å². The number of nitro groups is 1. The van der Waals surface area contributed by atoms with Gasteiger partial charge in [-0.1, -0.05) is 50.2 Å². The summed E-state index contributed by atoms with van der Waals surface area (Å²) in [6.07, 6.45) is 0. The molecule has 0 bridgehead atoms. The quantitative estimate of drug-likeness (QED) is 0.479. The van der Waals surface area contributed by atoms with Crippen LogP contribution >= 0.6 is 0 Å². The first kappa shape index (κ1) is 13.9. The van der Waals surface area contributed by atoms with E-state index in [4.69, 9.17) is 0 Å². The third-order valence-corrected chi connectivity index (χ3v) is 3.16. The Bertz CT molecular complexity index is 645. The van der Waals surface area contributed by atoms with Gasteiger partial charge in [0.15, 0.2) is 5.78 Å². The van der Waals surface area contributed by atoms with Crippen molar-refractivity contribution in [2.24, 2.45) is 0 Å². The molecule has 2 aromatic carbocycles. The molecule has 0 aliphatic heterocycles. The van der Waals surface area contributed by atoms with Gasteiger partial charge in [-0.3, -0.25) is 14.9 Å². The Morgan fingerprint density at radius 1 is 1.05 bits per heavy atom. The smallest absolute Gasteiger partial charge is 0.270 e. The Morgan fingerprint density at radius 2 is 1.70 bits per heavy atom. The molecule has 0 spiro atoms. The van der Waals surface area contributed by atoms with Gasteiger partial charge < -0.3 is 0 Å². The van der Waals surface area contributed by atoms with E-state index in [9.17, 15) is 14.9 Å². The van der Waals surface area contributed by atoms with Crippen LogP contribution in [0, 0.1) is 10.1 Å². The Morgan fingerprint density at radius 3 is 2.25 bits per heavy atom. The summed E-state index contributed by atoms with van der Waals surface area (Å²) in [4.78, 5) is 22.5. The molecule has 4 nitrogen and oxygen atoms in total. The molecule has 2 rings (SSSR count). The molecule has 0 heterocycles. The van der Waals surface area contributed by atoms with E-state index in [1.807, 2.05) is 12.1 Å². The Balaban J connectivity index is 2.31. The van der Waals surface area contributed by atoms with Gasteiger partial charge in [0.05, 0.1) is 4.92 Å². The van der Waals surface area contributed by atoms with Crippen molar-refractivity contribution in [2.45, 2.75) is 19.8 Å². The maximum Gasteiger partial charge on any atom is 0.270 e. The average Bonchev–Trinajstić information content (AvgIpc) is 2.46. The lowest BCUT2D eigenvalue weighted by Crippen LogP contribution is -2.02. The highest BCUT2D eigenvalue weighted by Crippen LogP contribution is 2.19. The molecule has 0 atom stereocenters. The second-order valence-corrected chi connectivity index (χ2v) is 4.91. The van der Waals surface area contributed by atoms with E-state index in [1.54, 1.807) is 18.2 Å². The standard InChI is InChI=1S/C16H15NO3/c1-11(2)12-6-8-13(9-7-12)16(18)14-4-3-5-15(10-14)17(19)20/h3-11H,1-2H3. The number of carbonyl (C=O) groups excluding carboxylic acids is 1. The van der Waals surface area contributed by atoms with Crippen molar-refractivity contribution in [3.8, 4) is 0 Å². The van der Waals surface area contributed by atoms with Gasteiger partial charge >= 0.3 is 0 Å². The molecule has 0 radical (unpaired) electrons. The molecular weight excluding hydrogens is 254 g/mol. The van der Waals surface area contributed by atoms with Crippen LogP contribution in [0.5, 0.6) is 0 Å². The lowest BCUT2D eigenvalue weighted by Gasteiger charge is -2.06. The minimum atomic E-state index is -0.501. The molecule has 102 valence electrons. The van der Waals surface area contributed by atoms with Crippen LogP contribution in [0.1, 0.15) is 41.3 Å². The van der Waals surface area contributed by atoms with Crippen molar-refractivity contribution in [3.05, 3.63) is 75.3 Å². The number of hydrogen-bond acceptors (Lipinski definition) is 3. The molecule has 0 aromatic heterocycles. The van der Waals surface area contributed by atoms with Gasteiger partial charge in [-0.25, -0.2) is 0 Å². The van der Waals surface area contributed by atoms with Gasteiger partial charge in [0.1, 0.15) is 0 Å². The number of rotatable bonds is 4. The van der Waals surface area contributed by atoms with Crippen molar-refractivity contribution < 1.29 is 9.72 Å². The third-order valence-electron chi connectivity index (χ3n) is 3.16. The second-order valence-electron chi connectivity index (χ2n) is 4.91. The fourth-order valence-electron chi connectivity index (χ4n) is 1.95.